The van der Waals surface area contributed by atoms with Gasteiger partial charge >= 0.3 is 0 Å². The number of para-hydroxylation sites is 3. The van der Waals surface area contributed by atoms with Crippen LogP contribution in [0.2, 0.25) is 0 Å². The highest BCUT2D eigenvalue weighted by Crippen LogP contribution is 2.54. The Morgan fingerprint density at radius 1 is 0.479 bits per heavy atom. The fourth-order valence-corrected chi connectivity index (χ4v) is 9.29. The fraction of sp³-hybridized carbons (Fsp3) is 0.0870. The van der Waals surface area contributed by atoms with E-state index in [4.69, 9.17) is 0 Å². The Kier molecular flexibility index (Phi) is 5.00. The molecule has 0 aliphatic heterocycles. The van der Waals surface area contributed by atoms with Crippen molar-refractivity contribution in [2.45, 2.75) is 25.7 Å². The van der Waals surface area contributed by atoms with E-state index >= 15 is 0 Å². The maximum Gasteiger partial charge on any atom is 0.0647 e. The molecule has 0 amide bonds. The van der Waals surface area contributed by atoms with E-state index in [-0.39, 0.29) is 5.41 Å². The van der Waals surface area contributed by atoms with Crippen LogP contribution in [0, 0.1) is 0 Å². The van der Waals surface area contributed by atoms with Gasteiger partial charge in [0.05, 0.1) is 22.1 Å². The summed E-state index contributed by atoms with van der Waals surface area (Å²) in [7, 11) is 0. The average Bonchev–Trinajstić information content (AvgIpc) is 3.84. The Balaban J connectivity index is 1.37. The van der Waals surface area contributed by atoms with Gasteiger partial charge in [0.2, 0.25) is 0 Å². The lowest BCUT2D eigenvalue weighted by Crippen LogP contribution is -2.15. The van der Waals surface area contributed by atoms with Gasteiger partial charge in [0, 0.05) is 44.8 Å². The Morgan fingerprint density at radius 2 is 1.08 bits per heavy atom. The highest BCUT2D eigenvalue weighted by Gasteiger charge is 2.36. The number of aromatic nitrogens is 2. The molecule has 2 aliphatic rings. The molecule has 0 spiro atoms. The highest BCUT2D eigenvalue weighted by atomic mass is 15.0. The van der Waals surface area contributed by atoms with Crippen molar-refractivity contribution < 1.29 is 0 Å². The summed E-state index contributed by atoms with van der Waals surface area (Å²) in [4.78, 5) is 0. The smallest absolute Gasteiger partial charge is 0.0647 e. The van der Waals surface area contributed by atoms with Crippen LogP contribution in [0.15, 0.2) is 146 Å². The molecule has 0 saturated heterocycles. The molecule has 0 saturated carbocycles. The number of hydrogen-bond donors (Lipinski definition) is 0. The van der Waals surface area contributed by atoms with Gasteiger partial charge in [0.25, 0.3) is 0 Å². The normalized spacial score (nSPS) is 14.1. The Morgan fingerprint density at radius 3 is 1.88 bits per heavy atom. The first-order chi connectivity index (χ1) is 23.6. The molecule has 2 aromatic heterocycles. The lowest BCUT2D eigenvalue weighted by molar-refractivity contribution is 0.660. The summed E-state index contributed by atoms with van der Waals surface area (Å²) in [5.74, 6) is 0. The van der Waals surface area contributed by atoms with E-state index in [2.05, 4.69) is 169 Å². The first-order valence-electron chi connectivity index (χ1n) is 17.0. The van der Waals surface area contributed by atoms with Crippen molar-refractivity contribution in [3.8, 4) is 33.6 Å². The van der Waals surface area contributed by atoms with Crippen molar-refractivity contribution in [3.05, 3.63) is 168 Å². The predicted molar refractivity (Wildman–Crippen MR) is 201 cm³/mol. The van der Waals surface area contributed by atoms with E-state index in [1.165, 1.54) is 99.5 Å². The second-order valence-corrected chi connectivity index (χ2v) is 14.1. The molecule has 9 aromatic rings. The molecule has 2 heteroatoms. The molecule has 7 aromatic carbocycles. The summed E-state index contributed by atoms with van der Waals surface area (Å²) >= 11 is 0. The minimum atomic E-state index is -0.0838. The van der Waals surface area contributed by atoms with E-state index in [0.29, 0.717) is 0 Å². The summed E-state index contributed by atoms with van der Waals surface area (Å²) in [6.45, 7) is 4.76. The van der Waals surface area contributed by atoms with E-state index < -0.39 is 0 Å². The van der Waals surface area contributed by atoms with E-state index in [9.17, 15) is 0 Å². The third-order valence-corrected chi connectivity index (χ3v) is 11.3. The first-order valence-corrected chi connectivity index (χ1v) is 17.0. The van der Waals surface area contributed by atoms with E-state index in [1.54, 1.807) is 0 Å². The van der Waals surface area contributed by atoms with Gasteiger partial charge in [-0.2, -0.15) is 0 Å². The molecule has 2 heterocycles. The first kappa shape index (κ1) is 26.2. The van der Waals surface area contributed by atoms with Gasteiger partial charge in [0.1, 0.15) is 0 Å². The van der Waals surface area contributed by atoms with Crippen molar-refractivity contribution in [1.29, 1.82) is 0 Å². The Bertz CT molecular complexity index is 2830. The van der Waals surface area contributed by atoms with Crippen LogP contribution in [0.25, 0.3) is 77.2 Å². The maximum absolute atomic E-state index is 2.58. The summed E-state index contributed by atoms with van der Waals surface area (Å²) < 4.78 is 5.11. The van der Waals surface area contributed by atoms with E-state index in [1.807, 2.05) is 0 Å². The number of hydrogen-bond acceptors (Lipinski definition) is 0. The molecule has 11 rings (SSSR count). The molecule has 0 bridgehead atoms. The second-order valence-electron chi connectivity index (χ2n) is 14.1. The predicted octanol–water partition coefficient (Wildman–Crippen LogP) is 11.8. The number of nitrogens with zero attached hydrogens (tertiary/aromatic N) is 2. The quantitative estimate of drug-likeness (QED) is 0.184. The molecule has 0 radical (unpaired) electrons. The third kappa shape index (κ3) is 3.18. The SMILES string of the molecule is CC1(C)c2ccccc2-c2ccc(-n3c4ccccc4c4c5c(c6c(c7ccccc7n6-c6ccccc6)c43)Cc3ccccc3-5)cc21. The topological polar surface area (TPSA) is 9.86 Å². The molecular weight excluding hydrogens is 581 g/mol. The van der Waals surface area contributed by atoms with Gasteiger partial charge in [-0.25, -0.2) is 0 Å². The minimum absolute atomic E-state index is 0.0838. The van der Waals surface area contributed by atoms with Crippen LogP contribution in [0.5, 0.6) is 0 Å². The van der Waals surface area contributed by atoms with Crippen molar-refractivity contribution in [3.63, 3.8) is 0 Å². The van der Waals surface area contributed by atoms with Gasteiger partial charge in [-0.1, -0.05) is 123 Å². The van der Waals surface area contributed by atoms with Crippen LogP contribution < -0.4 is 0 Å². The minimum Gasteiger partial charge on any atom is -0.309 e. The summed E-state index contributed by atoms with van der Waals surface area (Å²) in [6, 6.07) is 54.2. The largest absolute Gasteiger partial charge is 0.309 e. The van der Waals surface area contributed by atoms with Crippen molar-refractivity contribution in [2.75, 3.05) is 0 Å². The highest BCUT2D eigenvalue weighted by molar-refractivity contribution is 6.31. The second kappa shape index (κ2) is 9.14. The summed E-state index contributed by atoms with van der Waals surface area (Å²) in [5.41, 5.74) is 18.5. The molecule has 48 heavy (non-hydrogen) atoms. The van der Waals surface area contributed by atoms with Gasteiger partial charge in [-0.05, 0) is 80.9 Å². The van der Waals surface area contributed by atoms with Gasteiger partial charge in [0.15, 0.2) is 0 Å². The van der Waals surface area contributed by atoms with Crippen LogP contribution in [0.1, 0.15) is 36.1 Å². The van der Waals surface area contributed by atoms with Gasteiger partial charge in [-0.15, -0.1) is 0 Å². The van der Waals surface area contributed by atoms with Crippen LogP contribution in [-0.4, -0.2) is 9.13 Å². The van der Waals surface area contributed by atoms with Crippen LogP contribution >= 0.6 is 0 Å². The molecular formula is C46H32N2. The molecule has 2 aliphatic carbocycles. The number of benzene rings is 7. The van der Waals surface area contributed by atoms with Crippen molar-refractivity contribution in [1.82, 2.24) is 9.13 Å². The molecule has 0 fully saturated rings. The number of rotatable bonds is 2. The Hall–Kier alpha value is -5.86. The van der Waals surface area contributed by atoms with Crippen LogP contribution in [0.4, 0.5) is 0 Å². The van der Waals surface area contributed by atoms with Crippen molar-refractivity contribution >= 4 is 43.6 Å². The zero-order valence-electron chi connectivity index (χ0n) is 27.0. The standard InChI is InChI=1S/C46H32N2/c1-46(2)37-21-11-8-18-32(37)33-25-24-30(27-38(33)46)48-39-22-12-9-19-34(39)42-41-31-17-7-6-14-28(31)26-36(41)44-43(45(42)48)35-20-10-13-23-40(35)47(44)29-15-4-3-5-16-29/h3-25,27H,26H2,1-2H3. The van der Waals surface area contributed by atoms with Crippen molar-refractivity contribution in [2.24, 2.45) is 0 Å². The lowest BCUT2D eigenvalue weighted by Gasteiger charge is -2.22. The van der Waals surface area contributed by atoms with E-state index in [0.717, 1.165) is 6.42 Å². The number of fused-ring (bicyclic) bond motifs is 15. The third-order valence-electron chi connectivity index (χ3n) is 11.3. The van der Waals surface area contributed by atoms with Gasteiger partial charge < -0.3 is 9.13 Å². The summed E-state index contributed by atoms with van der Waals surface area (Å²) in [5, 5.41) is 5.28. The van der Waals surface area contributed by atoms with Crippen LogP contribution in [0.3, 0.4) is 0 Å². The van der Waals surface area contributed by atoms with Crippen LogP contribution in [-0.2, 0) is 11.8 Å². The maximum atomic E-state index is 2.58. The van der Waals surface area contributed by atoms with Gasteiger partial charge in [-0.3, -0.25) is 0 Å². The molecule has 0 N–H and O–H groups in total. The molecule has 2 nitrogen and oxygen atoms in total. The molecule has 226 valence electrons. The summed E-state index contributed by atoms with van der Waals surface area (Å²) in [6.07, 6.45) is 0.923. The Labute approximate surface area is 279 Å². The zero-order chi connectivity index (χ0) is 31.7. The average molecular weight is 613 g/mol. The zero-order valence-corrected chi connectivity index (χ0v) is 27.0. The fourth-order valence-electron chi connectivity index (χ4n) is 9.29. The molecule has 0 atom stereocenters. The molecule has 0 unspecified atom stereocenters. The monoisotopic (exact) mass is 612 g/mol. The lowest BCUT2D eigenvalue weighted by atomic mass is 9.82.